The zero-order chi connectivity index (χ0) is 12.8. The maximum absolute atomic E-state index is 5.27. The number of nitrogens with one attached hydrogen (secondary N) is 1. The van der Waals surface area contributed by atoms with Gasteiger partial charge in [-0.15, -0.1) is 0 Å². The maximum Gasteiger partial charge on any atom is 0.119 e. The van der Waals surface area contributed by atoms with Gasteiger partial charge in [0.15, 0.2) is 0 Å². The summed E-state index contributed by atoms with van der Waals surface area (Å²) in [6, 6.07) is 8.92. The van der Waals surface area contributed by atoms with Gasteiger partial charge in [-0.25, -0.2) is 0 Å². The van der Waals surface area contributed by atoms with Crippen molar-refractivity contribution in [1.82, 2.24) is 5.32 Å². The van der Waals surface area contributed by atoms with E-state index in [1.165, 1.54) is 5.56 Å². The molecule has 0 amide bonds. The van der Waals surface area contributed by atoms with Crippen molar-refractivity contribution in [3.63, 3.8) is 0 Å². The molecule has 1 aromatic carbocycles. The Morgan fingerprint density at radius 1 is 1.18 bits per heavy atom. The van der Waals surface area contributed by atoms with Gasteiger partial charge in [0.05, 0.1) is 7.11 Å². The molecule has 2 heteroatoms. The lowest BCUT2D eigenvalue weighted by atomic mass is 9.88. The zero-order valence-corrected chi connectivity index (χ0v) is 11.7. The fourth-order valence-corrected chi connectivity index (χ4v) is 1.85. The lowest BCUT2D eigenvalue weighted by Gasteiger charge is -2.22. The summed E-state index contributed by atoms with van der Waals surface area (Å²) >= 11 is 0. The quantitative estimate of drug-likeness (QED) is 0.815. The Morgan fingerprint density at radius 3 is 2.47 bits per heavy atom. The molecular formula is C15H25NO. The van der Waals surface area contributed by atoms with E-state index in [1.807, 2.05) is 6.07 Å². The number of hydrogen-bond donors (Lipinski definition) is 1. The molecule has 1 N–H and O–H groups in total. The molecule has 0 radical (unpaired) electrons. The van der Waals surface area contributed by atoms with Crippen LogP contribution >= 0.6 is 0 Å². The van der Waals surface area contributed by atoms with E-state index in [9.17, 15) is 0 Å². The van der Waals surface area contributed by atoms with Gasteiger partial charge in [0.2, 0.25) is 0 Å². The van der Waals surface area contributed by atoms with Gasteiger partial charge in [0.25, 0.3) is 0 Å². The fraction of sp³-hybridized carbons (Fsp3) is 0.600. The van der Waals surface area contributed by atoms with Gasteiger partial charge in [0, 0.05) is 6.04 Å². The van der Waals surface area contributed by atoms with Crippen molar-refractivity contribution in [3.8, 4) is 5.75 Å². The van der Waals surface area contributed by atoms with E-state index in [0.29, 0.717) is 17.9 Å². The van der Waals surface area contributed by atoms with Crippen LogP contribution < -0.4 is 10.1 Å². The molecule has 0 heterocycles. The highest BCUT2D eigenvalue weighted by atomic mass is 16.5. The first-order valence-electron chi connectivity index (χ1n) is 6.42. The minimum Gasteiger partial charge on any atom is -0.497 e. The molecule has 0 aromatic heterocycles. The number of rotatable bonds is 6. The average Bonchev–Trinajstić information content (AvgIpc) is 2.35. The van der Waals surface area contributed by atoms with Gasteiger partial charge >= 0.3 is 0 Å². The molecule has 0 spiro atoms. The number of benzene rings is 1. The Bertz CT molecular complexity index is 335. The summed E-state index contributed by atoms with van der Waals surface area (Å²) in [5.74, 6) is 2.10. The van der Waals surface area contributed by atoms with E-state index in [4.69, 9.17) is 4.74 Å². The largest absolute Gasteiger partial charge is 0.497 e. The zero-order valence-electron chi connectivity index (χ0n) is 11.7. The molecule has 2 nitrogen and oxygen atoms in total. The first-order chi connectivity index (χ1) is 8.04. The van der Waals surface area contributed by atoms with Gasteiger partial charge in [0.1, 0.15) is 5.75 Å². The van der Waals surface area contributed by atoms with E-state index in [1.54, 1.807) is 7.11 Å². The predicted octanol–water partition coefficient (Wildman–Crippen LogP) is 3.43. The van der Waals surface area contributed by atoms with Crippen LogP contribution in [0.5, 0.6) is 5.75 Å². The van der Waals surface area contributed by atoms with Crippen LogP contribution in [0.4, 0.5) is 0 Å². The van der Waals surface area contributed by atoms with Crippen molar-refractivity contribution in [1.29, 1.82) is 0 Å². The summed E-state index contributed by atoms with van der Waals surface area (Å²) in [5.41, 5.74) is 1.35. The third-order valence-corrected chi connectivity index (χ3v) is 3.32. The highest BCUT2D eigenvalue weighted by Crippen LogP contribution is 2.26. The SMILES string of the molecule is COc1cccc(C(C)C(C)CNC(C)C)c1. The van der Waals surface area contributed by atoms with E-state index >= 15 is 0 Å². The summed E-state index contributed by atoms with van der Waals surface area (Å²) < 4.78 is 5.27. The Morgan fingerprint density at radius 2 is 1.88 bits per heavy atom. The van der Waals surface area contributed by atoms with Crippen LogP contribution in [-0.2, 0) is 0 Å². The van der Waals surface area contributed by atoms with Crippen LogP contribution in [0.2, 0.25) is 0 Å². The Kier molecular flexibility index (Phi) is 5.49. The van der Waals surface area contributed by atoms with Crippen molar-refractivity contribution < 1.29 is 4.74 Å². The normalized spacial score (nSPS) is 14.7. The number of ether oxygens (including phenoxy) is 1. The van der Waals surface area contributed by atoms with Gasteiger partial charge in [-0.1, -0.05) is 39.8 Å². The smallest absolute Gasteiger partial charge is 0.119 e. The average molecular weight is 235 g/mol. The van der Waals surface area contributed by atoms with Crippen molar-refractivity contribution in [3.05, 3.63) is 29.8 Å². The second kappa shape index (κ2) is 6.65. The standard InChI is InChI=1S/C15H25NO/c1-11(2)16-10-12(3)13(4)14-7-6-8-15(9-14)17-5/h6-9,11-13,16H,10H2,1-5H3. The molecule has 0 aliphatic rings. The van der Waals surface area contributed by atoms with Crippen LogP contribution in [0, 0.1) is 5.92 Å². The molecule has 0 bridgehead atoms. The van der Waals surface area contributed by atoms with Crippen molar-refractivity contribution in [2.45, 2.75) is 39.7 Å². The van der Waals surface area contributed by atoms with Crippen molar-refractivity contribution >= 4 is 0 Å². The monoisotopic (exact) mass is 235 g/mol. The molecule has 0 aliphatic heterocycles. The third kappa shape index (κ3) is 4.39. The number of methoxy groups -OCH3 is 1. The molecular weight excluding hydrogens is 210 g/mol. The van der Waals surface area contributed by atoms with Crippen LogP contribution in [0.1, 0.15) is 39.2 Å². The summed E-state index contributed by atoms with van der Waals surface area (Å²) in [5, 5.41) is 3.49. The highest BCUT2D eigenvalue weighted by Gasteiger charge is 2.14. The highest BCUT2D eigenvalue weighted by molar-refractivity contribution is 5.30. The maximum atomic E-state index is 5.27. The van der Waals surface area contributed by atoms with Gasteiger partial charge < -0.3 is 10.1 Å². The Balaban J connectivity index is 2.63. The summed E-state index contributed by atoms with van der Waals surface area (Å²) in [4.78, 5) is 0. The third-order valence-electron chi connectivity index (χ3n) is 3.32. The molecule has 2 unspecified atom stereocenters. The van der Waals surface area contributed by atoms with Crippen LogP contribution in [0.25, 0.3) is 0 Å². The summed E-state index contributed by atoms with van der Waals surface area (Å²) in [6.45, 7) is 9.99. The van der Waals surface area contributed by atoms with Gasteiger partial charge in [-0.3, -0.25) is 0 Å². The minimum atomic E-state index is 0.538. The predicted molar refractivity (Wildman–Crippen MR) is 73.7 cm³/mol. The molecule has 0 aliphatic carbocycles. The molecule has 0 saturated carbocycles. The molecule has 2 atom stereocenters. The van der Waals surface area contributed by atoms with Gasteiger partial charge in [-0.2, -0.15) is 0 Å². The molecule has 1 aromatic rings. The van der Waals surface area contributed by atoms with Crippen LogP contribution in [-0.4, -0.2) is 19.7 Å². The Labute approximate surface area is 105 Å². The van der Waals surface area contributed by atoms with Crippen molar-refractivity contribution in [2.75, 3.05) is 13.7 Å². The van der Waals surface area contributed by atoms with E-state index in [0.717, 1.165) is 12.3 Å². The van der Waals surface area contributed by atoms with Crippen molar-refractivity contribution in [2.24, 2.45) is 5.92 Å². The summed E-state index contributed by atoms with van der Waals surface area (Å²) in [6.07, 6.45) is 0. The Hall–Kier alpha value is -1.02. The lowest BCUT2D eigenvalue weighted by molar-refractivity contribution is 0.407. The van der Waals surface area contributed by atoms with E-state index < -0.39 is 0 Å². The molecule has 1 rings (SSSR count). The van der Waals surface area contributed by atoms with E-state index in [-0.39, 0.29) is 0 Å². The second-order valence-corrected chi connectivity index (χ2v) is 5.11. The minimum absolute atomic E-state index is 0.538. The van der Waals surface area contributed by atoms with Crippen LogP contribution in [0.15, 0.2) is 24.3 Å². The lowest BCUT2D eigenvalue weighted by Crippen LogP contribution is -2.29. The molecule has 0 saturated heterocycles. The fourth-order valence-electron chi connectivity index (χ4n) is 1.85. The molecule has 96 valence electrons. The first-order valence-corrected chi connectivity index (χ1v) is 6.42. The summed E-state index contributed by atoms with van der Waals surface area (Å²) in [7, 11) is 1.72. The van der Waals surface area contributed by atoms with Gasteiger partial charge in [-0.05, 0) is 36.1 Å². The topological polar surface area (TPSA) is 21.3 Å². The molecule has 17 heavy (non-hydrogen) atoms. The first kappa shape index (κ1) is 14.0. The van der Waals surface area contributed by atoms with Crippen LogP contribution in [0.3, 0.4) is 0 Å². The molecule has 0 fully saturated rings. The van der Waals surface area contributed by atoms with E-state index in [2.05, 4.69) is 51.2 Å². The second-order valence-electron chi connectivity index (χ2n) is 5.11. The number of hydrogen-bond acceptors (Lipinski definition) is 2.